The number of rotatable bonds is 5. The zero-order valence-corrected chi connectivity index (χ0v) is 16.0. The molecule has 7 heteroatoms. The van der Waals surface area contributed by atoms with Gasteiger partial charge < -0.3 is 14.4 Å². The van der Waals surface area contributed by atoms with E-state index in [-0.39, 0.29) is 5.56 Å². The molecule has 0 bridgehead atoms. The second-order valence-electron chi connectivity index (χ2n) is 6.73. The average molecular weight is 378 g/mol. The van der Waals surface area contributed by atoms with Crippen LogP contribution in [0, 0.1) is 0 Å². The Bertz CT molecular complexity index is 1030. The number of benzene rings is 1. The highest BCUT2D eigenvalue weighted by atomic mass is 16.5. The number of aryl methyl sites for hydroxylation is 1. The highest BCUT2D eigenvalue weighted by Crippen LogP contribution is 2.26. The first-order valence-electron chi connectivity index (χ1n) is 9.15. The lowest BCUT2D eigenvalue weighted by Crippen LogP contribution is -2.33. The summed E-state index contributed by atoms with van der Waals surface area (Å²) >= 11 is 0. The first-order chi connectivity index (χ1) is 13.6. The summed E-state index contributed by atoms with van der Waals surface area (Å²) in [7, 11) is 3.29. The van der Waals surface area contributed by atoms with E-state index < -0.39 is 0 Å². The number of aromatic nitrogens is 3. The van der Waals surface area contributed by atoms with Crippen LogP contribution in [0.5, 0.6) is 11.5 Å². The molecule has 0 saturated carbocycles. The smallest absolute Gasteiger partial charge is 0.266 e. The van der Waals surface area contributed by atoms with Crippen molar-refractivity contribution in [1.82, 2.24) is 14.8 Å². The van der Waals surface area contributed by atoms with Crippen molar-refractivity contribution in [2.45, 2.75) is 19.6 Å². The van der Waals surface area contributed by atoms with E-state index in [0.717, 1.165) is 42.5 Å². The van der Waals surface area contributed by atoms with E-state index in [0.29, 0.717) is 6.61 Å². The fourth-order valence-corrected chi connectivity index (χ4v) is 3.25. The van der Waals surface area contributed by atoms with E-state index in [1.165, 1.54) is 15.8 Å². The molecule has 3 aromatic rings. The molecule has 0 atom stereocenters. The molecule has 0 N–H and O–H groups in total. The minimum Gasteiger partial charge on any atom is -0.495 e. The van der Waals surface area contributed by atoms with Gasteiger partial charge in [-0.2, -0.15) is 5.10 Å². The largest absolute Gasteiger partial charge is 0.495 e. The van der Waals surface area contributed by atoms with Crippen LogP contribution < -0.4 is 19.9 Å². The predicted octanol–water partition coefficient (Wildman–Crippen LogP) is 2.33. The molecule has 144 valence electrons. The second kappa shape index (κ2) is 7.72. The molecule has 0 aliphatic carbocycles. The highest BCUT2D eigenvalue weighted by Gasteiger charge is 2.18. The minimum atomic E-state index is -0.107. The Labute approximate surface area is 163 Å². The molecule has 0 unspecified atom stereocenters. The third-order valence-electron chi connectivity index (χ3n) is 4.88. The van der Waals surface area contributed by atoms with E-state index in [1.807, 2.05) is 18.2 Å². The van der Waals surface area contributed by atoms with Gasteiger partial charge in [-0.3, -0.25) is 9.78 Å². The summed E-state index contributed by atoms with van der Waals surface area (Å²) in [6.45, 7) is 2.00. The summed E-state index contributed by atoms with van der Waals surface area (Å²) in [5, 5.41) is 4.36. The summed E-state index contributed by atoms with van der Waals surface area (Å²) in [6, 6.07) is 13.3. The molecule has 1 aromatic carbocycles. The lowest BCUT2D eigenvalue weighted by atomic mass is 9.99. The standard InChI is InChI=1S/C21H22N4O3/c1-24-21(26)8-7-20(23-24)25-10-9-15-3-5-18(11-16(15)13-25)28-14-17-4-6-19(27-2)12-22-17/h3-8,11-12H,9-10,13-14H2,1-2H3. The molecule has 2 aromatic heterocycles. The summed E-state index contributed by atoms with van der Waals surface area (Å²) in [6.07, 6.45) is 2.61. The van der Waals surface area contributed by atoms with Crippen molar-refractivity contribution in [3.8, 4) is 11.5 Å². The molecule has 0 saturated heterocycles. The summed E-state index contributed by atoms with van der Waals surface area (Å²) in [5.41, 5.74) is 3.26. The molecule has 0 radical (unpaired) electrons. The minimum absolute atomic E-state index is 0.107. The summed E-state index contributed by atoms with van der Waals surface area (Å²) in [5.74, 6) is 2.35. The molecule has 0 fully saturated rings. The van der Waals surface area contributed by atoms with Crippen molar-refractivity contribution < 1.29 is 9.47 Å². The number of pyridine rings is 1. The van der Waals surface area contributed by atoms with Gasteiger partial charge >= 0.3 is 0 Å². The summed E-state index contributed by atoms with van der Waals surface area (Å²) in [4.78, 5) is 18.1. The van der Waals surface area contributed by atoms with Crippen LogP contribution in [-0.2, 0) is 26.6 Å². The van der Waals surface area contributed by atoms with Gasteiger partial charge in [-0.25, -0.2) is 4.68 Å². The average Bonchev–Trinajstić information content (AvgIpc) is 2.74. The first-order valence-corrected chi connectivity index (χ1v) is 9.15. The molecule has 4 rings (SSSR count). The van der Waals surface area contributed by atoms with E-state index in [1.54, 1.807) is 32.5 Å². The molecule has 0 spiro atoms. The lowest BCUT2D eigenvalue weighted by molar-refractivity contribution is 0.300. The quantitative estimate of drug-likeness (QED) is 0.679. The normalized spacial score (nSPS) is 13.1. The van der Waals surface area contributed by atoms with Crippen LogP contribution in [0.3, 0.4) is 0 Å². The SMILES string of the molecule is COc1ccc(COc2ccc3c(c2)CN(c2ccc(=O)n(C)n2)CC3)nc1. The maximum absolute atomic E-state index is 11.6. The molecular formula is C21H22N4O3. The van der Waals surface area contributed by atoms with Crippen molar-refractivity contribution in [2.75, 3.05) is 18.6 Å². The molecular weight excluding hydrogens is 356 g/mol. The van der Waals surface area contributed by atoms with E-state index in [2.05, 4.69) is 27.1 Å². The lowest BCUT2D eigenvalue weighted by Gasteiger charge is -2.30. The number of fused-ring (bicyclic) bond motifs is 1. The molecule has 1 aliphatic rings. The Morgan fingerprint density at radius 1 is 1.07 bits per heavy atom. The first kappa shape index (κ1) is 18.0. The number of nitrogens with zero attached hydrogens (tertiary/aromatic N) is 4. The Hall–Kier alpha value is -3.35. The van der Waals surface area contributed by atoms with Crippen molar-refractivity contribution in [1.29, 1.82) is 0 Å². The van der Waals surface area contributed by atoms with Crippen LogP contribution >= 0.6 is 0 Å². The zero-order valence-electron chi connectivity index (χ0n) is 16.0. The Morgan fingerprint density at radius 3 is 2.68 bits per heavy atom. The van der Waals surface area contributed by atoms with Gasteiger partial charge in [0.25, 0.3) is 5.56 Å². The molecule has 7 nitrogen and oxygen atoms in total. The van der Waals surface area contributed by atoms with Gasteiger partial charge in [0.1, 0.15) is 23.9 Å². The second-order valence-corrected chi connectivity index (χ2v) is 6.73. The van der Waals surface area contributed by atoms with E-state index >= 15 is 0 Å². The number of hydrogen-bond acceptors (Lipinski definition) is 6. The maximum Gasteiger partial charge on any atom is 0.266 e. The molecule has 0 amide bonds. The van der Waals surface area contributed by atoms with Crippen LogP contribution in [0.2, 0.25) is 0 Å². The van der Waals surface area contributed by atoms with Crippen LogP contribution in [0.15, 0.2) is 53.5 Å². The Kier molecular flexibility index (Phi) is 4.97. The number of ether oxygens (including phenoxy) is 2. The van der Waals surface area contributed by atoms with Crippen LogP contribution in [0.25, 0.3) is 0 Å². The molecule has 28 heavy (non-hydrogen) atoms. The fourth-order valence-electron chi connectivity index (χ4n) is 3.25. The summed E-state index contributed by atoms with van der Waals surface area (Å²) < 4.78 is 12.4. The number of methoxy groups -OCH3 is 1. The van der Waals surface area contributed by atoms with Crippen molar-refractivity contribution in [2.24, 2.45) is 7.05 Å². The van der Waals surface area contributed by atoms with Crippen LogP contribution in [-0.4, -0.2) is 28.4 Å². The van der Waals surface area contributed by atoms with Gasteiger partial charge in [0.2, 0.25) is 0 Å². The number of hydrogen-bond donors (Lipinski definition) is 0. The van der Waals surface area contributed by atoms with Crippen LogP contribution in [0.1, 0.15) is 16.8 Å². The van der Waals surface area contributed by atoms with Gasteiger partial charge in [0.15, 0.2) is 0 Å². The number of anilines is 1. The van der Waals surface area contributed by atoms with Crippen molar-refractivity contribution in [3.05, 3.63) is 75.8 Å². The van der Waals surface area contributed by atoms with E-state index in [4.69, 9.17) is 9.47 Å². The third kappa shape index (κ3) is 3.83. The fraction of sp³-hybridized carbons (Fsp3) is 0.286. The zero-order chi connectivity index (χ0) is 19.5. The predicted molar refractivity (Wildman–Crippen MR) is 106 cm³/mol. The van der Waals surface area contributed by atoms with E-state index in [9.17, 15) is 4.79 Å². The van der Waals surface area contributed by atoms with Crippen LogP contribution in [0.4, 0.5) is 5.82 Å². The van der Waals surface area contributed by atoms with Gasteiger partial charge in [-0.05, 0) is 47.9 Å². The van der Waals surface area contributed by atoms with Gasteiger partial charge in [0, 0.05) is 26.2 Å². The maximum atomic E-state index is 11.6. The van der Waals surface area contributed by atoms with Crippen molar-refractivity contribution in [3.63, 3.8) is 0 Å². The molecule has 3 heterocycles. The Balaban J connectivity index is 1.46. The van der Waals surface area contributed by atoms with Crippen molar-refractivity contribution >= 4 is 5.82 Å². The highest BCUT2D eigenvalue weighted by molar-refractivity contribution is 5.45. The Morgan fingerprint density at radius 2 is 1.93 bits per heavy atom. The monoisotopic (exact) mass is 378 g/mol. The molecule has 1 aliphatic heterocycles. The van der Waals surface area contributed by atoms with Gasteiger partial charge in [-0.1, -0.05) is 6.07 Å². The third-order valence-corrected chi connectivity index (χ3v) is 4.88. The van der Waals surface area contributed by atoms with Gasteiger partial charge in [-0.15, -0.1) is 0 Å². The van der Waals surface area contributed by atoms with Gasteiger partial charge in [0.05, 0.1) is 19.0 Å². The topological polar surface area (TPSA) is 69.5 Å².